The van der Waals surface area contributed by atoms with E-state index < -0.39 is 10.3 Å². The standard InChI is InChI=1S/C27H25ClN2O.C6H13NO3S/c28-23-10-7-22(8-11-23)27-16-9-21-5-1-2-6-26(21)30(27)24-12-14-25(15-13-24)31-20-19-29-17-3-4-18-29;7-11(8,9)10-6-4-2-1-3-5-6/h1-8,10-15,17-18,27H,9,16,19-20H2;6H,1-5H2,(H2,7,8,9). The molecule has 0 radical (unpaired) electrons. The van der Waals surface area contributed by atoms with Crippen molar-refractivity contribution in [3.05, 3.63) is 113 Å². The molecule has 42 heavy (non-hydrogen) atoms. The van der Waals surface area contributed by atoms with E-state index in [9.17, 15) is 8.42 Å². The summed E-state index contributed by atoms with van der Waals surface area (Å²) in [7, 11) is -3.72. The van der Waals surface area contributed by atoms with Gasteiger partial charge in [0.25, 0.3) is 0 Å². The Morgan fingerprint density at radius 1 is 0.833 bits per heavy atom. The lowest BCUT2D eigenvalue weighted by Crippen LogP contribution is -2.29. The highest BCUT2D eigenvalue weighted by Crippen LogP contribution is 2.44. The number of halogens is 1. The molecule has 1 aliphatic heterocycles. The van der Waals surface area contributed by atoms with E-state index in [1.807, 2.05) is 24.3 Å². The third-order valence-electron chi connectivity index (χ3n) is 7.73. The minimum absolute atomic E-state index is 0.168. The molecule has 3 aromatic carbocycles. The molecule has 2 heterocycles. The van der Waals surface area contributed by atoms with E-state index in [1.54, 1.807) is 0 Å². The van der Waals surface area contributed by atoms with Crippen LogP contribution >= 0.6 is 11.6 Å². The van der Waals surface area contributed by atoms with Crippen molar-refractivity contribution in [1.29, 1.82) is 0 Å². The van der Waals surface area contributed by atoms with Crippen LogP contribution in [0.3, 0.4) is 0 Å². The average molecular weight is 608 g/mol. The molecular formula is C33H38ClN3O4S. The third kappa shape index (κ3) is 8.38. The number of anilines is 2. The Morgan fingerprint density at radius 2 is 1.52 bits per heavy atom. The molecule has 9 heteroatoms. The number of para-hydroxylation sites is 1. The minimum Gasteiger partial charge on any atom is -0.492 e. The number of benzene rings is 3. The van der Waals surface area contributed by atoms with Crippen LogP contribution in [0.4, 0.5) is 11.4 Å². The van der Waals surface area contributed by atoms with Crippen molar-refractivity contribution in [2.24, 2.45) is 5.14 Å². The molecule has 0 amide bonds. The lowest BCUT2D eigenvalue weighted by Gasteiger charge is -2.39. The summed E-state index contributed by atoms with van der Waals surface area (Å²) in [6, 6.07) is 29.8. The Hall–Kier alpha value is -3.30. The van der Waals surface area contributed by atoms with Crippen molar-refractivity contribution in [2.75, 3.05) is 11.5 Å². The molecule has 4 aromatic rings. The number of nitrogens with zero attached hydrogens (tertiary/aromatic N) is 2. The molecule has 1 fully saturated rings. The van der Waals surface area contributed by atoms with Crippen LogP contribution in [0, 0.1) is 0 Å². The summed E-state index contributed by atoms with van der Waals surface area (Å²) in [6.45, 7) is 1.49. The van der Waals surface area contributed by atoms with Crippen LogP contribution in [-0.4, -0.2) is 25.7 Å². The zero-order chi connectivity index (χ0) is 29.4. The average Bonchev–Trinajstić information content (AvgIpc) is 3.51. The lowest BCUT2D eigenvalue weighted by molar-refractivity contribution is 0.162. The normalized spacial score (nSPS) is 17.2. The molecule has 1 aromatic heterocycles. The second kappa shape index (κ2) is 14.2. The van der Waals surface area contributed by atoms with Gasteiger partial charge in [0.2, 0.25) is 0 Å². The predicted octanol–water partition coefficient (Wildman–Crippen LogP) is 7.59. The summed E-state index contributed by atoms with van der Waals surface area (Å²) >= 11 is 6.15. The molecule has 1 aliphatic carbocycles. The van der Waals surface area contributed by atoms with Gasteiger partial charge in [0.15, 0.2) is 0 Å². The number of hydrogen-bond acceptors (Lipinski definition) is 5. The Morgan fingerprint density at radius 3 is 2.21 bits per heavy atom. The Kier molecular flexibility index (Phi) is 10.2. The number of nitrogens with two attached hydrogens (primary N) is 1. The Labute approximate surface area is 254 Å². The molecule has 0 saturated heterocycles. The number of aromatic nitrogens is 1. The number of aryl methyl sites for hydroxylation is 1. The molecule has 1 saturated carbocycles. The van der Waals surface area contributed by atoms with Gasteiger partial charge in [-0.25, -0.2) is 5.14 Å². The summed E-state index contributed by atoms with van der Waals surface area (Å²) in [5.41, 5.74) is 5.12. The molecule has 1 atom stereocenters. The van der Waals surface area contributed by atoms with Crippen LogP contribution in [0.25, 0.3) is 0 Å². The summed E-state index contributed by atoms with van der Waals surface area (Å²) in [6.07, 6.45) is 11.0. The predicted molar refractivity (Wildman–Crippen MR) is 169 cm³/mol. The zero-order valence-corrected chi connectivity index (χ0v) is 25.2. The van der Waals surface area contributed by atoms with E-state index in [-0.39, 0.29) is 12.1 Å². The van der Waals surface area contributed by atoms with Gasteiger partial charge in [0.05, 0.1) is 18.7 Å². The van der Waals surface area contributed by atoms with E-state index in [0.29, 0.717) is 6.61 Å². The van der Waals surface area contributed by atoms with Gasteiger partial charge in [0, 0.05) is 28.8 Å². The van der Waals surface area contributed by atoms with Gasteiger partial charge in [-0.2, -0.15) is 8.42 Å². The topological polar surface area (TPSA) is 86.8 Å². The summed E-state index contributed by atoms with van der Waals surface area (Å²) < 4.78 is 33.6. The van der Waals surface area contributed by atoms with Crippen LogP contribution in [0.2, 0.25) is 5.02 Å². The lowest BCUT2D eigenvalue weighted by atomic mass is 9.90. The second-order valence-corrected chi connectivity index (χ2v) is 12.3. The van der Waals surface area contributed by atoms with Crippen LogP contribution in [0.5, 0.6) is 5.75 Å². The monoisotopic (exact) mass is 607 g/mol. The third-order valence-corrected chi connectivity index (χ3v) is 8.52. The van der Waals surface area contributed by atoms with E-state index in [4.69, 9.17) is 21.5 Å². The largest absolute Gasteiger partial charge is 0.492 e. The first kappa shape index (κ1) is 30.2. The van der Waals surface area contributed by atoms with E-state index >= 15 is 0 Å². The van der Waals surface area contributed by atoms with Gasteiger partial charge < -0.3 is 14.2 Å². The molecule has 2 aliphatic rings. The van der Waals surface area contributed by atoms with Crippen LogP contribution in [0.1, 0.15) is 55.7 Å². The maximum absolute atomic E-state index is 10.5. The first-order valence-electron chi connectivity index (χ1n) is 14.5. The summed E-state index contributed by atoms with van der Waals surface area (Å²) in [5, 5.41) is 5.49. The Balaban J connectivity index is 0.000000271. The van der Waals surface area contributed by atoms with Crippen molar-refractivity contribution in [3.8, 4) is 5.75 Å². The van der Waals surface area contributed by atoms with Crippen LogP contribution < -0.4 is 14.8 Å². The fraction of sp³-hybridized carbons (Fsp3) is 0.333. The fourth-order valence-electron chi connectivity index (χ4n) is 5.71. The minimum atomic E-state index is -3.72. The van der Waals surface area contributed by atoms with E-state index in [2.05, 4.69) is 86.7 Å². The van der Waals surface area contributed by atoms with Crippen molar-refractivity contribution in [3.63, 3.8) is 0 Å². The maximum Gasteiger partial charge on any atom is 0.333 e. The van der Waals surface area contributed by atoms with Gasteiger partial charge in [-0.15, -0.1) is 0 Å². The number of rotatable bonds is 8. The first-order valence-corrected chi connectivity index (χ1v) is 16.4. The van der Waals surface area contributed by atoms with E-state index in [1.165, 1.54) is 28.9 Å². The van der Waals surface area contributed by atoms with Gasteiger partial charge in [-0.1, -0.05) is 61.2 Å². The second-order valence-electron chi connectivity index (χ2n) is 10.7. The maximum atomic E-state index is 10.5. The van der Waals surface area contributed by atoms with Crippen molar-refractivity contribution in [2.45, 2.75) is 63.6 Å². The molecule has 7 nitrogen and oxygen atoms in total. The fourth-order valence-corrected chi connectivity index (χ4v) is 6.41. The molecule has 1 unspecified atom stereocenters. The quantitative estimate of drug-likeness (QED) is 0.223. The highest BCUT2D eigenvalue weighted by molar-refractivity contribution is 7.84. The van der Waals surface area contributed by atoms with Crippen molar-refractivity contribution >= 4 is 33.3 Å². The van der Waals surface area contributed by atoms with Crippen LogP contribution in [-0.2, 0) is 27.5 Å². The van der Waals surface area contributed by atoms with Gasteiger partial charge in [0.1, 0.15) is 12.4 Å². The molecule has 6 rings (SSSR count). The SMILES string of the molecule is Clc1ccc(C2CCc3ccccc3N2c2ccc(OCCn3cccc3)cc2)cc1.NS(=O)(=O)OC1CCCCC1. The van der Waals surface area contributed by atoms with Gasteiger partial charge >= 0.3 is 10.3 Å². The number of hydrogen-bond donors (Lipinski definition) is 1. The summed E-state index contributed by atoms with van der Waals surface area (Å²) in [5.74, 6) is 0.893. The molecule has 0 spiro atoms. The smallest absolute Gasteiger partial charge is 0.333 e. The molecule has 2 N–H and O–H groups in total. The first-order chi connectivity index (χ1) is 20.4. The van der Waals surface area contributed by atoms with E-state index in [0.717, 1.165) is 55.8 Å². The van der Waals surface area contributed by atoms with Crippen molar-refractivity contribution in [1.82, 2.24) is 4.57 Å². The highest BCUT2D eigenvalue weighted by Gasteiger charge is 2.28. The summed E-state index contributed by atoms with van der Waals surface area (Å²) in [4.78, 5) is 2.45. The molecule has 222 valence electrons. The number of ether oxygens (including phenoxy) is 1. The van der Waals surface area contributed by atoms with Gasteiger partial charge in [-0.05, 0) is 91.4 Å². The van der Waals surface area contributed by atoms with Crippen LogP contribution in [0.15, 0.2) is 97.3 Å². The zero-order valence-electron chi connectivity index (χ0n) is 23.6. The Bertz CT molecular complexity index is 1500. The number of fused-ring (bicyclic) bond motifs is 1. The highest BCUT2D eigenvalue weighted by atomic mass is 35.5. The van der Waals surface area contributed by atoms with Gasteiger partial charge in [-0.3, -0.25) is 4.18 Å². The molecular weight excluding hydrogens is 570 g/mol. The molecule has 0 bridgehead atoms. The van der Waals surface area contributed by atoms with Crippen molar-refractivity contribution < 1.29 is 17.3 Å².